The van der Waals surface area contributed by atoms with Crippen molar-refractivity contribution in [2.75, 3.05) is 21.3 Å². The smallest absolute Gasteiger partial charge is 0.203 e. The molecule has 2 heterocycles. The van der Waals surface area contributed by atoms with E-state index in [4.69, 9.17) is 19.2 Å². The second-order valence-corrected chi connectivity index (χ2v) is 6.62. The quantitative estimate of drug-likeness (QED) is 0.568. The van der Waals surface area contributed by atoms with Crippen molar-refractivity contribution in [1.82, 2.24) is 14.6 Å². The molecule has 0 saturated heterocycles. The topological polar surface area (TPSA) is 57.9 Å². The number of fused-ring (bicyclic) bond motifs is 1. The van der Waals surface area contributed by atoms with Crippen LogP contribution in [0.5, 0.6) is 17.2 Å². The van der Waals surface area contributed by atoms with E-state index < -0.39 is 0 Å². The highest BCUT2D eigenvalue weighted by Crippen LogP contribution is 2.39. The molecule has 0 atom stereocenters. The van der Waals surface area contributed by atoms with Gasteiger partial charge in [0.1, 0.15) is 0 Å². The number of aromatic nitrogens is 3. The SMILES string of the molecule is CCCCc1cc(C(C)=Cc2cc(OC)c(OC)c(OC)c2)n2nccc2n1. The van der Waals surface area contributed by atoms with E-state index in [2.05, 4.69) is 31.1 Å². The molecule has 0 aliphatic carbocycles. The summed E-state index contributed by atoms with van der Waals surface area (Å²) in [6, 6.07) is 7.93. The van der Waals surface area contributed by atoms with Gasteiger partial charge in [-0.25, -0.2) is 9.50 Å². The van der Waals surface area contributed by atoms with Gasteiger partial charge in [-0.2, -0.15) is 5.10 Å². The highest BCUT2D eigenvalue weighted by atomic mass is 16.5. The van der Waals surface area contributed by atoms with Gasteiger partial charge in [0, 0.05) is 11.8 Å². The third-order valence-electron chi connectivity index (χ3n) is 4.67. The molecule has 148 valence electrons. The summed E-state index contributed by atoms with van der Waals surface area (Å²) in [7, 11) is 4.84. The van der Waals surface area contributed by atoms with Gasteiger partial charge < -0.3 is 14.2 Å². The van der Waals surface area contributed by atoms with Crippen LogP contribution in [-0.2, 0) is 6.42 Å². The van der Waals surface area contributed by atoms with E-state index >= 15 is 0 Å². The maximum absolute atomic E-state index is 5.47. The number of methoxy groups -OCH3 is 3. The number of benzene rings is 1. The third-order valence-corrected chi connectivity index (χ3v) is 4.67. The van der Waals surface area contributed by atoms with Crippen LogP contribution in [-0.4, -0.2) is 35.9 Å². The van der Waals surface area contributed by atoms with E-state index in [1.165, 1.54) is 0 Å². The minimum absolute atomic E-state index is 0.583. The summed E-state index contributed by atoms with van der Waals surface area (Å²) in [5.74, 6) is 1.84. The molecule has 0 saturated carbocycles. The molecule has 0 spiro atoms. The van der Waals surface area contributed by atoms with Crippen molar-refractivity contribution in [1.29, 1.82) is 0 Å². The average molecular weight is 381 g/mol. The predicted molar refractivity (Wildman–Crippen MR) is 111 cm³/mol. The maximum atomic E-state index is 5.47. The molecular formula is C22H27N3O3. The molecule has 0 aliphatic heterocycles. The first-order chi connectivity index (χ1) is 13.6. The van der Waals surface area contributed by atoms with Gasteiger partial charge in [-0.1, -0.05) is 13.3 Å². The highest BCUT2D eigenvalue weighted by Gasteiger charge is 2.13. The van der Waals surface area contributed by atoms with Crippen LogP contribution in [0.1, 0.15) is 43.6 Å². The zero-order valence-electron chi connectivity index (χ0n) is 17.2. The number of unbranched alkanes of at least 4 members (excludes halogenated alkanes) is 1. The summed E-state index contributed by atoms with van der Waals surface area (Å²) in [6.45, 7) is 4.26. The van der Waals surface area contributed by atoms with Crippen molar-refractivity contribution in [2.45, 2.75) is 33.1 Å². The molecule has 0 amide bonds. The Hall–Kier alpha value is -3.02. The fourth-order valence-electron chi connectivity index (χ4n) is 3.24. The van der Waals surface area contributed by atoms with Crippen LogP contribution in [0, 0.1) is 0 Å². The molecule has 0 fully saturated rings. The standard InChI is InChI=1S/C22H27N3O3/c1-6-7-8-17-14-18(25-21(24-17)9-10-23-25)15(2)11-16-12-19(26-3)22(28-5)20(13-16)27-4/h9-14H,6-8H2,1-5H3. The van der Waals surface area contributed by atoms with E-state index in [-0.39, 0.29) is 0 Å². The summed E-state index contributed by atoms with van der Waals surface area (Å²) >= 11 is 0. The lowest BCUT2D eigenvalue weighted by Gasteiger charge is -2.13. The second-order valence-electron chi connectivity index (χ2n) is 6.62. The summed E-state index contributed by atoms with van der Waals surface area (Å²) in [6.07, 6.45) is 7.09. The zero-order valence-corrected chi connectivity index (χ0v) is 17.2. The van der Waals surface area contributed by atoms with E-state index in [0.717, 1.165) is 47.4 Å². The third kappa shape index (κ3) is 3.96. The first-order valence-electron chi connectivity index (χ1n) is 9.43. The first-order valence-corrected chi connectivity index (χ1v) is 9.43. The summed E-state index contributed by atoms with van der Waals surface area (Å²) in [5, 5.41) is 4.44. The molecule has 0 bridgehead atoms. The van der Waals surface area contributed by atoms with Gasteiger partial charge in [-0.3, -0.25) is 0 Å². The van der Waals surface area contributed by atoms with Crippen LogP contribution in [0.4, 0.5) is 0 Å². The Morgan fingerprint density at radius 1 is 1.07 bits per heavy atom. The van der Waals surface area contributed by atoms with Gasteiger partial charge in [-0.05, 0) is 55.2 Å². The van der Waals surface area contributed by atoms with Gasteiger partial charge in [0.05, 0.1) is 33.2 Å². The zero-order chi connectivity index (χ0) is 20.1. The molecule has 3 rings (SSSR count). The monoisotopic (exact) mass is 381 g/mol. The largest absolute Gasteiger partial charge is 0.493 e. The lowest BCUT2D eigenvalue weighted by atomic mass is 10.1. The summed E-state index contributed by atoms with van der Waals surface area (Å²) in [4.78, 5) is 4.72. The van der Waals surface area contributed by atoms with E-state index in [1.54, 1.807) is 27.5 Å². The highest BCUT2D eigenvalue weighted by molar-refractivity contribution is 5.81. The molecule has 2 aromatic heterocycles. The molecule has 6 nitrogen and oxygen atoms in total. The van der Waals surface area contributed by atoms with Crippen LogP contribution in [0.25, 0.3) is 17.3 Å². The number of ether oxygens (including phenoxy) is 3. The Labute approximate surface area is 165 Å². The number of hydrogen-bond donors (Lipinski definition) is 0. The summed E-state index contributed by atoms with van der Waals surface area (Å²) < 4.78 is 18.2. The van der Waals surface area contributed by atoms with Crippen LogP contribution in [0.2, 0.25) is 0 Å². The van der Waals surface area contributed by atoms with Gasteiger partial charge in [0.25, 0.3) is 0 Å². The lowest BCUT2D eigenvalue weighted by Crippen LogP contribution is -2.02. The average Bonchev–Trinajstić information content (AvgIpc) is 3.19. The van der Waals surface area contributed by atoms with Crippen LogP contribution in [0.3, 0.4) is 0 Å². The summed E-state index contributed by atoms with van der Waals surface area (Å²) in [5.41, 5.74) is 5.00. The van der Waals surface area contributed by atoms with Crippen molar-refractivity contribution in [3.63, 3.8) is 0 Å². The van der Waals surface area contributed by atoms with Crippen molar-refractivity contribution in [3.8, 4) is 17.2 Å². The second kappa shape index (κ2) is 8.78. The Balaban J connectivity index is 2.07. The number of hydrogen-bond acceptors (Lipinski definition) is 5. The molecule has 6 heteroatoms. The Bertz CT molecular complexity index is 967. The minimum Gasteiger partial charge on any atom is -0.493 e. The van der Waals surface area contributed by atoms with E-state index in [1.807, 2.05) is 22.7 Å². The normalized spacial score (nSPS) is 11.7. The van der Waals surface area contributed by atoms with Crippen molar-refractivity contribution in [2.24, 2.45) is 0 Å². The fourth-order valence-corrected chi connectivity index (χ4v) is 3.24. The van der Waals surface area contributed by atoms with E-state index in [9.17, 15) is 0 Å². The molecular weight excluding hydrogens is 354 g/mol. The molecule has 1 aromatic carbocycles. The van der Waals surface area contributed by atoms with Crippen LogP contribution in [0.15, 0.2) is 30.5 Å². The molecule has 0 N–H and O–H groups in total. The minimum atomic E-state index is 0.583. The van der Waals surface area contributed by atoms with Crippen molar-refractivity contribution >= 4 is 17.3 Å². The molecule has 3 aromatic rings. The van der Waals surface area contributed by atoms with Crippen molar-refractivity contribution in [3.05, 3.63) is 47.4 Å². The van der Waals surface area contributed by atoms with Gasteiger partial charge >= 0.3 is 0 Å². The van der Waals surface area contributed by atoms with Crippen LogP contribution < -0.4 is 14.2 Å². The van der Waals surface area contributed by atoms with E-state index in [0.29, 0.717) is 17.2 Å². The number of allylic oxidation sites excluding steroid dienone is 1. The lowest BCUT2D eigenvalue weighted by molar-refractivity contribution is 0.324. The molecule has 0 unspecified atom stereocenters. The van der Waals surface area contributed by atoms with Gasteiger partial charge in [0.2, 0.25) is 5.75 Å². The maximum Gasteiger partial charge on any atom is 0.203 e. The Morgan fingerprint density at radius 2 is 1.79 bits per heavy atom. The Kier molecular flexibility index (Phi) is 6.19. The first kappa shape index (κ1) is 19.7. The molecule has 0 aliphatic rings. The number of nitrogens with zero attached hydrogens (tertiary/aromatic N) is 3. The molecule has 28 heavy (non-hydrogen) atoms. The molecule has 0 radical (unpaired) electrons. The number of aryl methyl sites for hydroxylation is 1. The Morgan fingerprint density at radius 3 is 2.39 bits per heavy atom. The van der Waals surface area contributed by atoms with Gasteiger partial charge in [-0.15, -0.1) is 0 Å². The van der Waals surface area contributed by atoms with Crippen LogP contribution >= 0.6 is 0 Å². The fraction of sp³-hybridized carbons (Fsp3) is 0.364. The number of rotatable bonds is 8. The van der Waals surface area contributed by atoms with Crippen molar-refractivity contribution < 1.29 is 14.2 Å². The van der Waals surface area contributed by atoms with Gasteiger partial charge in [0.15, 0.2) is 17.1 Å². The predicted octanol–water partition coefficient (Wildman–Crippen LogP) is 4.66.